The second-order valence-electron chi connectivity index (χ2n) is 29.0. The Hall–Kier alpha value is -13.6. The molecule has 0 aliphatic carbocycles. The predicted octanol–water partition coefficient (Wildman–Crippen LogP) is 26.7. The van der Waals surface area contributed by atoms with Crippen molar-refractivity contribution < 1.29 is 0 Å². The van der Waals surface area contributed by atoms with Crippen molar-refractivity contribution in [1.29, 1.82) is 0 Å². The van der Waals surface area contributed by atoms with Crippen molar-refractivity contribution in [3.8, 4) is 78.1 Å². The van der Waals surface area contributed by atoms with Crippen LogP contribution in [0.5, 0.6) is 0 Å². The molecule has 0 amide bonds. The molecule has 0 radical (unpaired) electrons. The van der Waals surface area contributed by atoms with Gasteiger partial charge < -0.3 is 18.9 Å². The molecule has 0 atom stereocenters. The van der Waals surface area contributed by atoms with E-state index in [0.29, 0.717) is 0 Å². The number of hydrogen-bond donors (Lipinski definition) is 0. The maximum absolute atomic E-state index is 2.65. The van der Waals surface area contributed by atoms with Crippen molar-refractivity contribution in [1.82, 2.24) is 9.13 Å². The van der Waals surface area contributed by atoms with Crippen LogP contribution in [0.25, 0.3) is 162 Å². The van der Waals surface area contributed by atoms with Gasteiger partial charge in [-0.25, -0.2) is 0 Å². The van der Waals surface area contributed by atoms with Crippen LogP contribution in [0, 0.1) is 0 Å². The molecule has 506 valence electrons. The summed E-state index contributed by atoms with van der Waals surface area (Å²) in [6.45, 7) is -0.194. The summed E-state index contributed by atoms with van der Waals surface area (Å²) in [7, 11) is 0. The molecule has 0 spiro atoms. The average Bonchev–Trinajstić information content (AvgIpc) is 1.19. The third-order valence-corrected chi connectivity index (χ3v) is 25.2. The minimum atomic E-state index is -0.194. The molecule has 0 saturated carbocycles. The first kappa shape index (κ1) is 61.7. The highest BCUT2D eigenvalue weighted by atomic mass is 32.1. The highest BCUT2D eigenvalue weighted by Crippen LogP contribution is 2.53. The van der Waals surface area contributed by atoms with E-state index in [2.05, 4.69) is 401 Å². The summed E-state index contributed by atoms with van der Waals surface area (Å²) in [4.78, 5) is 5.31. The van der Waals surface area contributed by atoms with Gasteiger partial charge in [0.2, 0.25) is 0 Å². The van der Waals surface area contributed by atoms with E-state index < -0.39 is 0 Å². The zero-order chi connectivity index (χ0) is 71.4. The van der Waals surface area contributed by atoms with Gasteiger partial charge in [-0.15, -0.1) is 22.7 Å². The van der Waals surface area contributed by atoms with Crippen molar-refractivity contribution in [3.05, 3.63) is 382 Å². The molecule has 0 fully saturated rings. The minimum absolute atomic E-state index is 0.194. The van der Waals surface area contributed by atoms with Crippen LogP contribution in [-0.2, 0) is 0 Å². The number of benzene rings is 17. The molecule has 21 aromatic rings. The van der Waals surface area contributed by atoms with Gasteiger partial charge in [0.1, 0.15) is 0 Å². The van der Waals surface area contributed by atoms with Gasteiger partial charge in [0.25, 0.3) is 6.71 Å². The number of nitrogens with zero attached hydrogens (tertiary/aromatic N) is 4. The molecule has 7 heteroatoms. The lowest BCUT2D eigenvalue weighted by Gasteiger charge is -2.44. The van der Waals surface area contributed by atoms with Gasteiger partial charge in [-0.05, 0) is 218 Å². The number of hydrogen-bond acceptors (Lipinski definition) is 4. The van der Waals surface area contributed by atoms with E-state index in [1.807, 2.05) is 22.7 Å². The summed E-state index contributed by atoms with van der Waals surface area (Å²) >= 11 is 3.84. The highest BCUT2D eigenvalue weighted by molar-refractivity contribution is 7.26. The molecule has 0 saturated heterocycles. The van der Waals surface area contributed by atoms with E-state index in [1.165, 1.54) is 156 Å². The molecule has 0 N–H and O–H groups in total. The zero-order valence-electron chi connectivity index (χ0n) is 59.1. The van der Waals surface area contributed by atoms with Gasteiger partial charge in [0.15, 0.2) is 0 Å². The first-order chi connectivity index (χ1) is 54.0. The summed E-state index contributed by atoms with van der Waals surface area (Å²) in [6, 6.07) is 143. The topological polar surface area (TPSA) is 16.3 Å². The van der Waals surface area contributed by atoms with Crippen molar-refractivity contribution in [2.75, 3.05) is 9.80 Å². The molecule has 23 rings (SSSR count). The van der Waals surface area contributed by atoms with Crippen molar-refractivity contribution in [3.63, 3.8) is 0 Å². The van der Waals surface area contributed by atoms with Gasteiger partial charge >= 0.3 is 0 Å². The van der Waals surface area contributed by atoms with E-state index >= 15 is 0 Å². The summed E-state index contributed by atoms with van der Waals surface area (Å²) in [5, 5.41) is 9.98. The normalized spacial score (nSPS) is 12.5. The lowest BCUT2D eigenvalue weighted by Crippen LogP contribution is -2.61. The Morgan fingerprint density at radius 2 is 0.505 bits per heavy atom. The van der Waals surface area contributed by atoms with Gasteiger partial charge in [-0.1, -0.05) is 237 Å². The van der Waals surface area contributed by atoms with Crippen LogP contribution < -0.4 is 26.2 Å². The van der Waals surface area contributed by atoms with Crippen LogP contribution in [0.1, 0.15) is 0 Å². The van der Waals surface area contributed by atoms with E-state index in [4.69, 9.17) is 0 Å². The maximum atomic E-state index is 2.65. The number of anilines is 6. The van der Waals surface area contributed by atoms with Crippen LogP contribution in [0.15, 0.2) is 382 Å². The molecular weight excluding hydrogens is 1360 g/mol. The Morgan fingerprint density at radius 3 is 0.899 bits per heavy atom. The molecule has 6 heterocycles. The Bertz CT molecular complexity index is 6740. The highest BCUT2D eigenvalue weighted by Gasteiger charge is 2.45. The first-order valence-electron chi connectivity index (χ1n) is 37.5. The third-order valence-electron chi connectivity index (χ3n) is 23.0. The fraction of sp³-hybridized carbons (Fsp3) is 0. The van der Waals surface area contributed by atoms with E-state index in [0.717, 1.165) is 56.4 Å². The summed E-state index contributed by atoms with van der Waals surface area (Å²) in [5.41, 5.74) is 31.7. The largest absolute Gasteiger partial charge is 0.311 e. The second-order valence-corrected chi connectivity index (χ2v) is 31.2. The van der Waals surface area contributed by atoms with Crippen LogP contribution in [0.2, 0.25) is 0 Å². The van der Waals surface area contributed by atoms with Crippen molar-refractivity contribution in [2.45, 2.75) is 0 Å². The smallest absolute Gasteiger partial charge is 0.252 e. The summed E-state index contributed by atoms with van der Waals surface area (Å²) in [5.74, 6) is 0. The van der Waals surface area contributed by atoms with Crippen molar-refractivity contribution in [2.24, 2.45) is 0 Å². The fourth-order valence-corrected chi connectivity index (χ4v) is 20.5. The number of rotatable bonds is 10. The lowest BCUT2D eigenvalue weighted by molar-refractivity contribution is 1.18. The Morgan fingerprint density at radius 1 is 0.193 bits per heavy atom. The van der Waals surface area contributed by atoms with E-state index in [9.17, 15) is 0 Å². The molecule has 109 heavy (non-hydrogen) atoms. The standard InChI is InChI=1S/C102H63BN4S2/c1-7-28-64(29-8-1)68-50-69(65-30-9-2-10-31-65)53-72(52-68)76-40-19-23-44-88(76)106-92-48-27-49-93-102(92)103(86-60-98-84(58-96(86)106)82-56-80-78-42-21-25-46-90(78)104(74-36-15-5-16-37-74)94(80)62-100(82)108-98)87-61-99-85(83-57-81-79-43-22-26-47-91(79)105(75-38-17-6-18-39-75)95(81)63-101(83)109-99)59-97(87)107(93)89-45-24-20-41-77(89)73-54-70(66-32-11-3-12-33-66)51-71(55-73)67-34-13-4-14-35-67/h1-63H. The molecule has 4 aromatic heterocycles. The van der Waals surface area contributed by atoms with Crippen LogP contribution in [-0.4, -0.2) is 15.8 Å². The molecule has 17 aromatic carbocycles. The molecule has 0 unspecified atom stereocenters. The second kappa shape index (κ2) is 24.5. The van der Waals surface area contributed by atoms with Gasteiger partial charge in [0, 0.05) is 107 Å². The van der Waals surface area contributed by atoms with Crippen LogP contribution in [0.3, 0.4) is 0 Å². The molecule has 0 bridgehead atoms. The Kier molecular flexibility index (Phi) is 13.9. The number of para-hydroxylation sites is 6. The molecule has 2 aliphatic rings. The number of fused-ring (bicyclic) bond motifs is 16. The molecular formula is C102H63BN4S2. The van der Waals surface area contributed by atoms with Crippen LogP contribution in [0.4, 0.5) is 34.1 Å². The number of aromatic nitrogens is 2. The van der Waals surface area contributed by atoms with E-state index in [-0.39, 0.29) is 6.71 Å². The van der Waals surface area contributed by atoms with Gasteiger partial charge in [-0.2, -0.15) is 0 Å². The average molecular weight is 1420 g/mol. The molecule has 4 nitrogen and oxygen atoms in total. The first-order valence-corrected chi connectivity index (χ1v) is 39.1. The lowest BCUT2D eigenvalue weighted by atomic mass is 9.33. The minimum Gasteiger partial charge on any atom is -0.311 e. The third kappa shape index (κ3) is 9.70. The fourth-order valence-electron chi connectivity index (χ4n) is 18.2. The summed E-state index contributed by atoms with van der Waals surface area (Å²) < 4.78 is 9.95. The van der Waals surface area contributed by atoms with Crippen molar-refractivity contribution >= 4 is 164 Å². The number of thiophene rings is 2. The Labute approximate surface area is 638 Å². The maximum Gasteiger partial charge on any atom is 0.252 e. The quantitative estimate of drug-likeness (QED) is 0.127. The predicted molar refractivity (Wildman–Crippen MR) is 468 cm³/mol. The monoisotopic (exact) mass is 1420 g/mol. The zero-order valence-corrected chi connectivity index (χ0v) is 60.7. The van der Waals surface area contributed by atoms with Crippen LogP contribution >= 0.6 is 22.7 Å². The van der Waals surface area contributed by atoms with Gasteiger partial charge in [0.05, 0.1) is 33.4 Å². The SMILES string of the molecule is c1ccc(-c2cc(-c3ccccc3)cc(-c3ccccc3N3c4cc5c(cc4B4c6cc7sc8cc9c(cc8c7cc6N(c6ccccc6-c6cc(-c7ccccc7)cc(-c7ccccc7)c6)c6cccc3c64)c3ccccc3n9-c3ccccc3)sc3cc4c(cc35)c3ccccc3n4-c3ccccc3)c2)cc1. The van der Waals surface area contributed by atoms with Gasteiger partial charge in [-0.3, -0.25) is 0 Å². The Balaban J connectivity index is 0.820. The van der Waals surface area contributed by atoms with E-state index in [1.54, 1.807) is 0 Å². The summed E-state index contributed by atoms with van der Waals surface area (Å²) in [6.07, 6.45) is 0. The molecule has 2 aliphatic heterocycles.